The third-order valence-electron chi connectivity index (χ3n) is 4.02. The SMILES string of the molecule is Cc1ccc(S(=O)(=O)N2CCC(c3cccc(F)c3)C2=O)cc1. The number of sulfonamides is 1. The van der Waals surface area contributed by atoms with Crippen LogP contribution in [0.4, 0.5) is 4.39 Å². The highest BCUT2D eigenvalue weighted by Gasteiger charge is 2.40. The Labute approximate surface area is 134 Å². The molecular formula is C17H16FNO3S. The van der Waals surface area contributed by atoms with E-state index in [4.69, 9.17) is 0 Å². The lowest BCUT2D eigenvalue weighted by molar-refractivity contribution is -0.124. The molecule has 0 radical (unpaired) electrons. The third kappa shape index (κ3) is 2.86. The lowest BCUT2D eigenvalue weighted by Gasteiger charge is -2.17. The first-order valence-electron chi connectivity index (χ1n) is 7.28. The van der Waals surface area contributed by atoms with Crippen molar-refractivity contribution in [2.24, 2.45) is 0 Å². The molecule has 6 heteroatoms. The summed E-state index contributed by atoms with van der Waals surface area (Å²) in [5, 5.41) is 0. The summed E-state index contributed by atoms with van der Waals surface area (Å²) in [4.78, 5) is 12.6. The van der Waals surface area contributed by atoms with Gasteiger partial charge in [0.25, 0.3) is 10.0 Å². The predicted molar refractivity (Wildman–Crippen MR) is 83.8 cm³/mol. The number of benzene rings is 2. The molecule has 0 aromatic heterocycles. The first-order chi connectivity index (χ1) is 10.9. The van der Waals surface area contributed by atoms with Crippen LogP contribution in [0.1, 0.15) is 23.5 Å². The van der Waals surface area contributed by atoms with Crippen molar-refractivity contribution in [1.29, 1.82) is 0 Å². The summed E-state index contributed by atoms with van der Waals surface area (Å²) in [6.07, 6.45) is 0.355. The highest BCUT2D eigenvalue weighted by atomic mass is 32.2. The van der Waals surface area contributed by atoms with E-state index in [2.05, 4.69) is 0 Å². The number of nitrogens with zero attached hydrogens (tertiary/aromatic N) is 1. The minimum atomic E-state index is -3.87. The molecule has 0 saturated carbocycles. The lowest BCUT2D eigenvalue weighted by Crippen LogP contribution is -2.33. The fourth-order valence-corrected chi connectivity index (χ4v) is 4.21. The van der Waals surface area contributed by atoms with E-state index in [-0.39, 0.29) is 11.4 Å². The predicted octanol–water partition coefficient (Wildman–Crippen LogP) is 2.84. The van der Waals surface area contributed by atoms with Crippen LogP contribution in [0.3, 0.4) is 0 Å². The summed E-state index contributed by atoms with van der Waals surface area (Å²) >= 11 is 0. The van der Waals surface area contributed by atoms with E-state index in [1.165, 1.54) is 30.3 Å². The van der Waals surface area contributed by atoms with Crippen LogP contribution in [-0.2, 0) is 14.8 Å². The van der Waals surface area contributed by atoms with Gasteiger partial charge in [0.2, 0.25) is 5.91 Å². The second-order valence-electron chi connectivity index (χ2n) is 5.62. The number of amides is 1. The molecule has 1 heterocycles. The minimum Gasteiger partial charge on any atom is -0.273 e. The van der Waals surface area contributed by atoms with Gasteiger partial charge in [-0.2, -0.15) is 0 Å². The van der Waals surface area contributed by atoms with Crippen molar-refractivity contribution in [1.82, 2.24) is 4.31 Å². The van der Waals surface area contributed by atoms with Gasteiger partial charge in [-0.15, -0.1) is 0 Å². The maximum absolute atomic E-state index is 13.3. The molecular weight excluding hydrogens is 317 g/mol. The molecule has 4 nitrogen and oxygen atoms in total. The minimum absolute atomic E-state index is 0.0938. The van der Waals surface area contributed by atoms with Gasteiger partial charge in [-0.3, -0.25) is 4.79 Å². The molecule has 2 aromatic carbocycles. The van der Waals surface area contributed by atoms with Crippen molar-refractivity contribution in [3.63, 3.8) is 0 Å². The van der Waals surface area contributed by atoms with Gasteiger partial charge >= 0.3 is 0 Å². The molecule has 2 aromatic rings. The van der Waals surface area contributed by atoms with Crippen LogP contribution in [0.2, 0.25) is 0 Å². The molecule has 1 amide bonds. The van der Waals surface area contributed by atoms with E-state index in [1.807, 2.05) is 6.92 Å². The zero-order valence-corrected chi connectivity index (χ0v) is 13.4. The Balaban J connectivity index is 1.90. The molecule has 1 saturated heterocycles. The Bertz CT molecular complexity index is 846. The third-order valence-corrected chi connectivity index (χ3v) is 5.84. The number of hydrogen-bond donors (Lipinski definition) is 0. The van der Waals surface area contributed by atoms with Crippen LogP contribution in [-0.4, -0.2) is 25.2 Å². The average molecular weight is 333 g/mol. The van der Waals surface area contributed by atoms with Crippen LogP contribution in [0, 0.1) is 12.7 Å². The summed E-state index contributed by atoms with van der Waals surface area (Å²) in [5.74, 6) is -1.56. The second kappa shape index (κ2) is 5.77. The lowest BCUT2D eigenvalue weighted by atomic mass is 9.98. The molecule has 23 heavy (non-hydrogen) atoms. The Morgan fingerprint density at radius 1 is 1.13 bits per heavy atom. The van der Waals surface area contributed by atoms with Gasteiger partial charge in [-0.25, -0.2) is 17.1 Å². The summed E-state index contributed by atoms with van der Waals surface area (Å²) in [5.41, 5.74) is 1.45. The quantitative estimate of drug-likeness (QED) is 0.868. The van der Waals surface area contributed by atoms with E-state index >= 15 is 0 Å². The van der Waals surface area contributed by atoms with Crippen molar-refractivity contribution >= 4 is 15.9 Å². The van der Waals surface area contributed by atoms with Gasteiger partial charge in [0.15, 0.2) is 0 Å². The van der Waals surface area contributed by atoms with Crippen molar-refractivity contribution in [2.75, 3.05) is 6.54 Å². The number of aryl methyl sites for hydroxylation is 1. The molecule has 0 bridgehead atoms. The Hall–Kier alpha value is -2.21. The molecule has 1 fully saturated rings. The van der Waals surface area contributed by atoms with Gasteiger partial charge in [0, 0.05) is 6.54 Å². The van der Waals surface area contributed by atoms with Gasteiger partial charge in [0.1, 0.15) is 5.82 Å². The molecule has 0 N–H and O–H groups in total. The van der Waals surface area contributed by atoms with Crippen LogP contribution >= 0.6 is 0 Å². The molecule has 120 valence electrons. The van der Waals surface area contributed by atoms with Crippen molar-refractivity contribution in [3.05, 3.63) is 65.5 Å². The molecule has 3 rings (SSSR count). The first-order valence-corrected chi connectivity index (χ1v) is 8.72. The summed E-state index contributed by atoms with van der Waals surface area (Å²) in [6, 6.07) is 12.1. The molecule has 1 unspecified atom stereocenters. The standard InChI is InChI=1S/C17H16FNO3S/c1-12-5-7-15(8-6-12)23(21,22)19-10-9-16(17(19)20)13-3-2-4-14(18)11-13/h2-8,11,16H,9-10H2,1H3. The van der Waals surface area contributed by atoms with Crippen LogP contribution in [0.15, 0.2) is 53.4 Å². The number of carbonyl (C=O) groups excluding carboxylic acids is 1. The summed E-state index contributed by atoms with van der Waals surface area (Å²) in [7, 11) is -3.87. The van der Waals surface area contributed by atoms with E-state index in [0.29, 0.717) is 12.0 Å². The normalized spacial score (nSPS) is 18.4. The summed E-state index contributed by atoms with van der Waals surface area (Å²) in [6.45, 7) is 1.97. The average Bonchev–Trinajstić information content (AvgIpc) is 2.90. The molecule has 0 spiro atoms. The molecule has 1 aliphatic heterocycles. The smallest absolute Gasteiger partial charge is 0.266 e. The molecule has 1 atom stereocenters. The fourth-order valence-electron chi connectivity index (χ4n) is 2.76. The topological polar surface area (TPSA) is 54.5 Å². The number of rotatable bonds is 3. The van der Waals surface area contributed by atoms with Gasteiger partial charge < -0.3 is 0 Å². The van der Waals surface area contributed by atoms with Crippen molar-refractivity contribution in [2.45, 2.75) is 24.2 Å². The maximum Gasteiger partial charge on any atom is 0.266 e. The fraction of sp³-hybridized carbons (Fsp3) is 0.235. The first kappa shape index (κ1) is 15.7. The second-order valence-corrected chi connectivity index (χ2v) is 7.49. The van der Waals surface area contributed by atoms with Crippen molar-refractivity contribution in [3.8, 4) is 0 Å². The zero-order chi connectivity index (χ0) is 16.6. The largest absolute Gasteiger partial charge is 0.273 e. The van der Waals surface area contributed by atoms with Crippen LogP contribution < -0.4 is 0 Å². The number of carbonyl (C=O) groups is 1. The van der Waals surface area contributed by atoms with E-state index in [1.54, 1.807) is 18.2 Å². The summed E-state index contributed by atoms with van der Waals surface area (Å²) < 4.78 is 39.5. The van der Waals surface area contributed by atoms with E-state index in [0.717, 1.165) is 9.87 Å². The number of hydrogen-bond acceptors (Lipinski definition) is 3. The van der Waals surface area contributed by atoms with Gasteiger partial charge in [-0.05, 0) is 43.2 Å². The molecule has 1 aliphatic rings. The Morgan fingerprint density at radius 3 is 2.48 bits per heavy atom. The molecule has 0 aliphatic carbocycles. The van der Waals surface area contributed by atoms with E-state index in [9.17, 15) is 17.6 Å². The monoisotopic (exact) mass is 333 g/mol. The van der Waals surface area contributed by atoms with Crippen LogP contribution in [0.25, 0.3) is 0 Å². The van der Waals surface area contributed by atoms with Crippen molar-refractivity contribution < 1.29 is 17.6 Å². The highest BCUT2D eigenvalue weighted by Crippen LogP contribution is 2.32. The van der Waals surface area contributed by atoms with Gasteiger partial charge in [-0.1, -0.05) is 29.8 Å². The Kier molecular flexibility index (Phi) is 3.93. The Morgan fingerprint density at radius 2 is 1.83 bits per heavy atom. The van der Waals surface area contributed by atoms with Gasteiger partial charge in [0.05, 0.1) is 10.8 Å². The van der Waals surface area contributed by atoms with E-state index < -0.39 is 27.7 Å². The number of halogens is 1. The maximum atomic E-state index is 13.3. The highest BCUT2D eigenvalue weighted by molar-refractivity contribution is 7.89. The van der Waals surface area contributed by atoms with Crippen LogP contribution in [0.5, 0.6) is 0 Å². The zero-order valence-electron chi connectivity index (χ0n) is 12.6.